The smallest absolute Gasteiger partial charge is 0.266 e. The van der Waals surface area contributed by atoms with E-state index >= 15 is 0 Å². The molecule has 2 aromatic rings. The molecule has 3 rings (SSSR count). The molecule has 1 aliphatic rings. The summed E-state index contributed by atoms with van der Waals surface area (Å²) in [6.07, 6.45) is 7.02. The van der Waals surface area contributed by atoms with Crippen molar-refractivity contribution in [1.82, 2.24) is 4.90 Å². The second-order valence-corrected chi connectivity index (χ2v) is 7.92. The zero-order valence-corrected chi connectivity index (χ0v) is 19.6. The summed E-state index contributed by atoms with van der Waals surface area (Å²) in [7, 11) is 1.52. The Bertz CT molecular complexity index is 1090. The number of thioether (sulfide) groups is 1. The number of halogens is 1. The maximum Gasteiger partial charge on any atom is 0.266 e. The zero-order chi connectivity index (χ0) is 23.1. The fraction of sp³-hybridized carbons (Fsp3) is 0.250. The Kier molecular flexibility index (Phi) is 8.09. The molecule has 1 heterocycles. The molecule has 32 heavy (non-hydrogen) atoms. The van der Waals surface area contributed by atoms with E-state index in [9.17, 15) is 4.79 Å². The first-order valence-corrected chi connectivity index (χ1v) is 11.2. The molecule has 0 atom stereocenters. The van der Waals surface area contributed by atoms with Crippen LogP contribution in [0.15, 0.2) is 46.3 Å². The van der Waals surface area contributed by atoms with Crippen molar-refractivity contribution in [1.29, 1.82) is 0 Å². The summed E-state index contributed by atoms with van der Waals surface area (Å²) >= 11 is 7.67. The number of hydrogen-bond acceptors (Lipinski definition) is 6. The van der Waals surface area contributed by atoms with E-state index in [2.05, 4.69) is 10.9 Å². The number of nitrogens with zero attached hydrogens (tertiary/aromatic N) is 2. The number of carbonyl (C=O) groups is 1. The topological polar surface area (TPSA) is 60.4 Å². The Morgan fingerprint density at radius 2 is 1.97 bits per heavy atom. The summed E-state index contributed by atoms with van der Waals surface area (Å²) in [5.41, 5.74) is 1.44. The van der Waals surface area contributed by atoms with Crippen LogP contribution in [0.3, 0.4) is 0 Å². The fourth-order valence-electron chi connectivity index (χ4n) is 2.99. The Balaban J connectivity index is 1.89. The lowest BCUT2D eigenvalue weighted by molar-refractivity contribution is -0.122. The van der Waals surface area contributed by atoms with Crippen LogP contribution in [-0.4, -0.2) is 42.8 Å². The van der Waals surface area contributed by atoms with Crippen LogP contribution in [0, 0.1) is 12.3 Å². The van der Waals surface area contributed by atoms with Gasteiger partial charge in [-0.05, 0) is 73.6 Å². The first kappa shape index (κ1) is 23.6. The Labute approximate surface area is 197 Å². The molecule has 0 aromatic heterocycles. The van der Waals surface area contributed by atoms with Crippen molar-refractivity contribution in [2.75, 3.05) is 26.9 Å². The number of hydrogen-bond donors (Lipinski definition) is 0. The van der Waals surface area contributed by atoms with Gasteiger partial charge in [-0.3, -0.25) is 9.69 Å². The van der Waals surface area contributed by atoms with E-state index in [0.29, 0.717) is 45.3 Å². The first-order chi connectivity index (χ1) is 15.5. The molecule has 8 heteroatoms. The van der Waals surface area contributed by atoms with Crippen LogP contribution in [0.2, 0.25) is 5.02 Å². The van der Waals surface area contributed by atoms with Gasteiger partial charge in [-0.15, -0.1) is 6.42 Å². The molecule has 1 amide bonds. The van der Waals surface area contributed by atoms with E-state index in [1.807, 2.05) is 38.1 Å². The number of likely N-dealkylation sites (N-methyl/N-ethyl adjacent to an activating group) is 1. The molecule has 166 valence electrons. The summed E-state index contributed by atoms with van der Waals surface area (Å²) in [5, 5.41) is 0.956. The predicted octanol–water partition coefficient (Wildman–Crippen LogP) is 5.38. The van der Waals surface area contributed by atoms with Gasteiger partial charge in [0.15, 0.2) is 16.7 Å². The van der Waals surface area contributed by atoms with Gasteiger partial charge in [0, 0.05) is 6.54 Å². The minimum Gasteiger partial charge on any atom is -0.494 e. The third kappa shape index (κ3) is 5.39. The van der Waals surface area contributed by atoms with Gasteiger partial charge in [-0.25, -0.2) is 4.99 Å². The van der Waals surface area contributed by atoms with Crippen LogP contribution >= 0.6 is 23.4 Å². The number of ether oxygens (including phenoxy) is 3. The normalized spacial score (nSPS) is 15.8. The Morgan fingerprint density at radius 1 is 1.22 bits per heavy atom. The first-order valence-electron chi connectivity index (χ1n) is 9.97. The van der Waals surface area contributed by atoms with E-state index in [4.69, 9.17) is 32.2 Å². The zero-order valence-electron chi connectivity index (χ0n) is 18.1. The lowest BCUT2D eigenvalue weighted by Gasteiger charge is -2.12. The SMILES string of the molecule is C#CCOc1c(Cl)cc(C=C2SC(=Nc3ccc(OCC)cc3)N(CC)C2=O)cc1OC. The molecule has 1 saturated heterocycles. The summed E-state index contributed by atoms with van der Waals surface area (Å²) in [6.45, 7) is 5.01. The van der Waals surface area contributed by atoms with Crippen molar-refractivity contribution in [3.63, 3.8) is 0 Å². The van der Waals surface area contributed by atoms with Crippen molar-refractivity contribution in [2.45, 2.75) is 13.8 Å². The summed E-state index contributed by atoms with van der Waals surface area (Å²) < 4.78 is 16.3. The third-order valence-corrected chi connectivity index (χ3v) is 5.71. The molecule has 0 N–H and O–H groups in total. The molecule has 0 aliphatic carbocycles. The average molecular weight is 471 g/mol. The number of amidine groups is 1. The molecule has 0 radical (unpaired) electrons. The molecule has 1 fully saturated rings. The van der Waals surface area contributed by atoms with E-state index < -0.39 is 0 Å². The number of methoxy groups -OCH3 is 1. The third-order valence-electron chi connectivity index (χ3n) is 4.43. The largest absolute Gasteiger partial charge is 0.494 e. The van der Waals surface area contributed by atoms with Gasteiger partial charge in [0.1, 0.15) is 12.4 Å². The molecule has 0 unspecified atom stereocenters. The molecule has 0 saturated carbocycles. The number of rotatable bonds is 8. The highest BCUT2D eigenvalue weighted by Crippen LogP contribution is 2.39. The summed E-state index contributed by atoms with van der Waals surface area (Å²) in [5.74, 6) is 3.86. The summed E-state index contributed by atoms with van der Waals surface area (Å²) in [4.78, 5) is 19.8. The van der Waals surface area contributed by atoms with Crippen molar-refractivity contribution in [3.05, 3.63) is 51.9 Å². The van der Waals surface area contributed by atoms with Crippen molar-refractivity contribution >= 4 is 46.2 Å². The number of aliphatic imine (C=N–C) groups is 1. The van der Waals surface area contributed by atoms with Gasteiger partial charge < -0.3 is 14.2 Å². The fourth-order valence-corrected chi connectivity index (χ4v) is 4.33. The van der Waals surface area contributed by atoms with E-state index in [1.54, 1.807) is 23.1 Å². The molecule has 0 bridgehead atoms. The van der Waals surface area contributed by atoms with Crippen molar-refractivity contribution in [3.8, 4) is 29.6 Å². The van der Waals surface area contributed by atoms with Crippen LogP contribution < -0.4 is 14.2 Å². The van der Waals surface area contributed by atoms with Gasteiger partial charge in [0.25, 0.3) is 5.91 Å². The van der Waals surface area contributed by atoms with E-state index in [-0.39, 0.29) is 12.5 Å². The highest BCUT2D eigenvalue weighted by molar-refractivity contribution is 8.18. The van der Waals surface area contributed by atoms with Crippen molar-refractivity contribution < 1.29 is 19.0 Å². The standard InChI is InChI=1S/C24H23ClN2O4S/c1-5-12-31-22-19(25)13-16(14-20(22)29-4)15-21-23(28)27(6-2)24(32-21)26-17-8-10-18(11-9-17)30-7-3/h1,8-11,13-15H,6-7,12H2,2-4H3. The minimum atomic E-state index is -0.120. The maximum absolute atomic E-state index is 13.0. The molecule has 0 spiro atoms. The van der Waals surface area contributed by atoms with Crippen LogP contribution in [0.1, 0.15) is 19.4 Å². The van der Waals surface area contributed by atoms with E-state index in [1.165, 1.54) is 18.9 Å². The second-order valence-electron chi connectivity index (χ2n) is 6.51. The minimum absolute atomic E-state index is 0.0711. The number of benzene rings is 2. The van der Waals surface area contributed by atoms with Crippen LogP contribution in [0.5, 0.6) is 17.2 Å². The Morgan fingerprint density at radius 3 is 2.59 bits per heavy atom. The summed E-state index contributed by atoms with van der Waals surface area (Å²) in [6, 6.07) is 10.9. The molecule has 2 aromatic carbocycles. The van der Waals surface area contributed by atoms with Crippen molar-refractivity contribution in [2.24, 2.45) is 4.99 Å². The van der Waals surface area contributed by atoms with Crippen LogP contribution in [0.25, 0.3) is 6.08 Å². The lowest BCUT2D eigenvalue weighted by atomic mass is 10.1. The maximum atomic E-state index is 13.0. The van der Waals surface area contributed by atoms with E-state index in [0.717, 1.165) is 11.4 Å². The number of terminal acetylenes is 1. The number of carbonyl (C=O) groups excluding carboxylic acids is 1. The monoisotopic (exact) mass is 470 g/mol. The second kappa shape index (κ2) is 11.0. The quantitative estimate of drug-likeness (QED) is 0.382. The van der Waals surface area contributed by atoms with Crippen LogP contribution in [0.4, 0.5) is 5.69 Å². The van der Waals surface area contributed by atoms with Gasteiger partial charge in [0.05, 0.1) is 29.3 Å². The van der Waals surface area contributed by atoms with Gasteiger partial charge in [-0.2, -0.15) is 0 Å². The molecule has 6 nitrogen and oxygen atoms in total. The highest BCUT2D eigenvalue weighted by Gasteiger charge is 2.32. The molecule has 1 aliphatic heterocycles. The van der Waals surface area contributed by atoms with Crippen LogP contribution in [-0.2, 0) is 4.79 Å². The van der Waals surface area contributed by atoms with Gasteiger partial charge in [-0.1, -0.05) is 17.5 Å². The number of amides is 1. The highest BCUT2D eigenvalue weighted by atomic mass is 35.5. The Hall–Kier alpha value is -3.08. The molecular weight excluding hydrogens is 448 g/mol. The average Bonchev–Trinajstić information content (AvgIpc) is 3.07. The lowest BCUT2D eigenvalue weighted by Crippen LogP contribution is -2.28. The molecular formula is C24H23ClN2O4S. The predicted molar refractivity (Wildman–Crippen MR) is 130 cm³/mol. The van der Waals surface area contributed by atoms with Gasteiger partial charge in [0.2, 0.25) is 0 Å². The van der Waals surface area contributed by atoms with Gasteiger partial charge >= 0.3 is 0 Å².